The molecular formula is C24H34O. The van der Waals surface area contributed by atoms with Crippen LogP contribution in [0.4, 0.5) is 0 Å². The first-order valence-electron chi connectivity index (χ1n) is 10.2. The van der Waals surface area contributed by atoms with Crippen LogP contribution in [-0.2, 0) is 4.79 Å². The van der Waals surface area contributed by atoms with Crippen molar-refractivity contribution in [1.82, 2.24) is 0 Å². The van der Waals surface area contributed by atoms with Gasteiger partial charge in [-0.15, -0.1) is 0 Å². The smallest absolute Gasteiger partial charge is 0.156 e. The van der Waals surface area contributed by atoms with Crippen molar-refractivity contribution < 1.29 is 4.79 Å². The Hall–Kier alpha value is -1.11. The summed E-state index contributed by atoms with van der Waals surface area (Å²) >= 11 is 0. The molecule has 0 aromatic heterocycles. The molecule has 6 atom stereocenters. The summed E-state index contributed by atoms with van der Waals surface area (Å²) < 4.78 is 0. The second kappa shape index (κ2) is 5.21. The Bertz CT molecular complexity index is 710. The molecule has 4 aliphatic rings. The Morgan fingerprint density at radius 3 is 2.48 bits per heavy atom. The van der Waals surface area contributed by atoms with Crippen LogP contribution in [0.1, 0.15) is 73.1 Å². The standard InChI is InChI=1S/C24H34O/c1-15(2)23(5)11-9-20-18-13-16(3)21-14-17(25)7-10-22(21,4)19(18)8-12-24(20,23)6/h13-14,18-20H,1,7-12H2,2-6H3/t18-,19+,20+,22-,23-,24+/m1/s1. The molecule has 0 aromatic rings. The van der Waals surface area contributed by atoms with Gasteiger partial charge in [0.1, 0.15) is 0 Å². The minimum absolute atomic E-state index is 0.209. The van der Waals surface area contributed by atoms with E-state index in [0.29, 0.717) is 23.0 Å². The van der Waals surface area contributed by atoms with Crippen molar-refractivity contribution >= 4 is 5.78 Å². The number of carbonyl (C=O) groups excluding carboxylic acids is 1. The van der Waals surface area contributed by atoms with E-state index in [-0.39, 0.29) is 10.8 Å². The molecule has 0 unspecified atom stereocenters. The van der Waals surface area contributed by atoms with Gasteiger partial charge < -0.3 is 0 Å². The van der Waals surface area contributed by atoms with Crippen molar-refractivity contribution in [2.75, 3.05) is 0 Å². The fraction of sp³-hybridized carbons (Fsp3) is 0.708. The summed E-state index contributed by atoms with van der Waals surface area (Å²) in [5.74, 6) is 2.48. The predicted molar refractivity (Wildman–Crippen MR) is 104 cm³/mol. The Balaban J connectivity index is 1.80. The number of allylic oxidation sites excluding steroid dienone is 5. The minimum atomic E-state index is 0.209. The zero-order chi connectivity index (χ0) is 18.2. The lowest BCUT2D eigenvalue weighted by Crippen LogP contribution is -2.51. The Morgan fingerprint density at radius 2 is 1.80 bits per heavy atom. The van der Waals surface area contributed by atoms with Gasteiger partial charge in [-0.3, -0.25) is 4.79 Å². The van der Waals surface area contributed by atoms with Gasteiger partial charge in [0.25, 0.3) is 0 Å². The van der Waals surface area contributed by atoms with Gasteiger partial charge in [-0.05, 0) is 91.6 Å². The molecule has 4 rings (SSSR count). The lowest BCUT2D eigenvalue weighted by atomic mass is 9.45. The summed E-state index contributed by atoms with van der Waals surface area (Å²) in [4.78, 5) is 12.0. The second-order valence-corrected chi connectivity index (χ2v) is 10.2. The zero-order valence-corrected chi connectivity index (χ0v) is 16.7. The van der Waals surface area contributed by atoms with E-state index in [1.54, 1.807) is 0 Å². The molecule has 0 bridgehead atoms. The highest BCUT2D eigenvalue weighted by Crippen LogP contribution is 2.70. The van der Waals surface area contributed by atoms with Gasteiger partial charge in [0.15, 0.2) is 5.78 Å². The number of hydrogen-bond acceptors (Lipinski definition) is 1. The Kier molecular flexibility index (Phi) is 3.61. The SMILES string of the molecule is C=C(C)[C@@]1(C)CC[C@H]2[C@@H]3C=C(C)C4=CC(=O)CC[C@]4(C)[C@H]3CC[C@@]21C. The molecule has 136 valence electrons. The van der Waals surface area contributed by atoms with E-state index in [0.717, 1.165) is 18.8 Å². The summed E-state index contributed by atoms with van der Waals surface area (Å²) in [6.45, 7) is 16.4. The van der Waals surface area contributed by atoms with E-state index in [2.05, 4.69) is 47.3 Å². The summed E-state index contributed by atoms with van der Waals surface area (Å²) in [5.41, 5.74) is 4.98. The van der Waals surface area contributed by atoms with Gasteiger partial charge in [0.2, 0.25) is 0 Å². The van der Waals surface area contributed by atoms with Crippen molar-refractivity contribution in [3.63, 3.8) is 0 Å². The number of fused-ring (bicyclic) bond motifs is 5. The van der Waals surface area contributed by atoms with Crippen LogP contribution in [0.15, 0.2) is 35.5 Å². The van der Waals surface area contributed by atoms with Gasteiger partial charge in [-0.25, -0.2) is 0 Å². The minimum Gasteiger partial charge on any atom is -0.295 e. The normalized spacial score (nSPS) is 48.8. The summed E-state index contributed by atoms with van der Waals surface area (Å²) in [7, 11) is 0. The lowest BCUT2D eigenvalue weighted by Gasteiger charge is -2.58. The van der Waals surface area contributed by atoms with Crippen LogP contribution >= 0.6 is 0 Å². The van der Waals surface area contributed by atoms with E-state index in [4.69, 9.17) is 0 Å². The van der Waals surface area contributed by atoms with Crippen LogP contribution in [-0.4, -0.2) is 5.78 Å². The first-order chi connectivity index (χ1) is 11.6. The molecule has 2 saturated carbocycles. The van der Waals surface area contributed by atoms with Crippen molar-refractivity contribution in [1.29, 1.82) is 0 Å². The number of carbonyl (C=O) groups is 1. The van der Waals surface area contributed by atoms with Gasteiger partial charge in [-0.1, -0.05) is 44.6 Å². The maximum Gasteiger partial charge on any atom is 0.156 e. The number of ketones is 1. The Labute approximate surface area is 153 Å². The third-order valence-electron chi connectivity index (χ3n) is 9.38. The van der Waals surface area contributed by atoms with Gasteiger partial charge in [0, 0.05) is 6.42 Å². The molecule has 2 fully saturated rings. The maximum absolute atomic E-state index is 12.0. The highest BCUT2D eigenvalue weighted by molar-refractivity contribution is 5.92. The van der Waals surface area contributed by atoms with E-state index in [9.17, 15) is 4.79 Å². The zero-order valence-electron chi connectivity index (χ0n) is 16.7. The molecule has 1 nitrogen and oxygen atoms in total. The average Bonchev–Trinajstić information content (AvgIpc) is 2.83. The molecule has 0 saturated heterocycles. The quantitative estimate of drug-likeness (QED) is 0.515. The molecule has 4 aliphatic carbocycles. The fourth-order valence-electron chi connectivity index (χ4n) is 7.38. The van der Waals surface area contributed by atoms with Crippen molar-refractivity contribution in [2.45, 2.75) is 73.1 Å². The predicted octanol–water partition coefficient (Wildman–Crippen LogP) is 6.27. The van der Waals surface area contributed by atoms with Gasteiger partial charge in [-0.2, -0.15) is 0 Å². The topological polar surface area (TPSA) is 17.1 Å². The van der Waals surface area contributed by atoms with Crippen molar-refractivity contribution in [3.05, 3.63) is 35.5 Å². The molecule has 25 heavy (non-hydrogen) atoms. The van der Waals surface area contributed by atoms with Gasteiger partial charge >= 0.3 is 0 Å². The van der Waals surface area contributed by atoms with Crippen LogP contribution in [0.3, 0.4) is 0 Å². The fourth-order valence-corrected chi connectivity index (χ4v) is 7.38. The molecule has 0 amide bonds. The van der Waals surface area contributed by atoms with Gasteiger partial charge in [0.05, 0.1) is 0 Å². The van der Waals surface area contributed by atoms with E-state index >= 15 is 0 Å². The first kappa shape index (κ1) is 17.3. The Morgan fingerprint density at radius 1 is 1.12 bits per heavy atom. The molecular weight excluding hydrogens is 304 g/mol. The number of rotatable bonds is 1. The second-order valence-electron chi connectivity index (χ2n) is 10.2. The highest BCUT2D eigenvalue weighted by Gasteiger charge is 2.62. The molecule has 0 spiro atoms. The number of hydrogen-bond donors (Lipinski definition) is 0. The lowest BCUT2D eigenvalue weighted by molar-refractivity contribution is -0.116. The highest BCUT2D eigenvalue weighted by atomic mass is 16.1. The van der Waals surface area contributed by atoms with Crippen LogP contribution in [0.2, 0.25) is 0 Å². The third-order valence-corrected chi connectivity index (χ3v) is 9.38. The third kappa shape index (κ3) is 2.04. The van der Waals surface area contributed by atoms with E-state index in [1.807, 2.05) is 6.08 Å². The van der Waals surface area contributed by atoms with Crippen molar-refractivity contribution in [3.8, 4) is 0 Å². The summed E-state index contributed by atoms with van der Waals surface area (Å²) in [6, 6.07) is 0. The van der Waals surface area contributed by atoms with E-state index in [1.165, 1.54) is 42.4 Å². The average molecular weight is 339 g/mol. The van der Waals surface area contributed by atoms with Crippen molar-refractivity contribution in [2.24, 2.45) is 34.0 Å². The maximum atomic E-state index is 12.0. The molecule has 0 aliphatic heterocycles. The largest absolute Gasteiger partial charge is 0.295 e. The van der Waals surface area contributed by atoms with Crippen LogP contribution in [0.5, 0.6) is 0 Å². The summed E-state index contributed by atoms with van der Waals surface area (Å²) in [6.07, 6.45) is 11.6. The van der Waals surface area contributed by atoms with Crippen LogP contribution in [0.25, 0.3) is 0 Å². The molecule has 0 N–H and O–H groups in total. The van der Waals surface area contributed by atoms with Crippen LogP contribution in [0, 0.1) is 34.0 Å². The summed E-state index contributed by atoms with van der Waals surface area (Å²) in [5, 5.41) is 0. The molecule has 0 heterocycles. The van der Waals surface area contributed by atoms with E-state index < -0.39 is 0 Å². The monoisotopic (exact) mass is 338 g/mol. The molecule has 0 radical (unpaired) electrons. The van der Waals surface area contributed by atoms with Crippen LogP contribution < -0.4 is 0 Å². The molecule has 1 heteroatoms. The molecule has 0 aromatic carbocycles. The first-order valence-corrected chi connectivity index (χ1v) is 10.2.